The van der Waals surface area contributed by atoms with Gasteiger partial charge in [0.2, 0.25) is 4.96 Å². The fourth-order valence-electron chi connectivity index (χ4n) is 2.58. The molecular formula is C16H16N6OS. The Balaban J connectivity index is 1.77. The molecule has 0 amide bonds. The summed E-state index contributed by atoms with van der Waals surface area (Å²) in [6.45, 7) is 4.96. The van der Waals surface area contributed by atoms with Crippen LogP contribution in [0, 0.1) is 6.92 Å². The van der Waals surface area contributed by atoms with Gasteiger partial charge in [0.1, 0.15) is 11.4 Å². The number of hydrogen-bond donors (Lipinski definition) is 0. The Labute approximate surface area is 142 Å². The molecule has 0 saturated heterocycles. The summed E-state index contributed by atoms with van der Waals surface area (Å²) in [4.78, 5) is 0.750. The first-order valence-corrected chi connectivity index (χ1v) is 8.42. The molecule has 0 aliphatic carbocycles. The Hall–Kier alpha value is -2.74. The normalized spacial score (nSPS) is 11.3. The van der Waals surface area contributed by atoms with Crippen molar-refractivity contribution in [3.05, 3.63) is 36.0 Å². The first kappa shape index (κ1) is 14.8. The minimum atomic E-state index is 0.710. The monoisotopic (exact) mass is 340 g/mol. The molecule has 0 N–H and O–H groups in total. The lowest BCUT2D eigenvalue weighted by atomic mass is 10.2. The van der Waals surface area contributed by atoms with Gasteiger partial charge in [-0.25, -0.2) is 0 Å². The summed E-state index contributed by atoms with van der Waals surface area (Å²) in [5.41, 5.74) is 2.93. The minimum absolute atomic E-state index is 0.710. The van der Waals surface area contributed by atoms with Crippen LogP contribution in [0.4, 0.5) is 0 Å². The number of aromatic nitrogens is 6. The van der Waals surface area contributed by atoms with Gasteiger partial charge < -0.3 is 4.74 Å². The molecule has 4 rings (SSSR count). The molecule has 3 heterocycles. The lowest BCUT2D eigenvalue weighted by Gasteiger charge is -2.00. The van der Waals surface area contributed by atoms with E-state index in [1.54, 1.807) is 11.6 Å². The highest BCUT2D eigenvalue weighted by Crippen LogP contribution is 2.28. The van der Waals surface area contributed by atoms with Crippen LogP contribution in [-0.2, 0) is 6.54 Å². The van der Waals surface area contributed by atoms with Gasteiger partial charge in [0.15, 0.2) is 10.8 Å². The smallest absolute Gasteiger partial charge is 0.235 e. The van der Waals surface area contributed by atoms with Crippen LogP contribution >= 0.6 is 11.3 Å². The van der Waals surface area contributed by atoms with Gasteiger partial charge in [-0.3, -0.25) is 4.68 Å². The van der Waals surface area contributed by atoms with Crippen LogP contribution in [0.5, 0.6) is 5.75 Å². The highest BCUT2D eigenvalue weighted by atomic mass is 32.1. The Morgan fingerprint density at radius 1 is 1.12 bits per heavy atom. The van der Waals surface area contributed by atoms with Crippen molar-refractivity contribution in [3.8, 4) is 27.8 Å². The molecule has 7 nitrogen and oxygen atoms in total. The average molecular weight is 340 g/mol. The van der Waals surface area contributed by atoms with E-state index in [0.29, 0.717) is 5.82 Å². The van der Waals surface area contributed by atoms with Crippen molar-refractivity contribution >= 4 is 16.3 Å². The fraction of sp³-hybridized carbons (Fsp3) is 0.250. The van der Waals surface area contributed by atoms with Crippen LogP contribution < -0.4 is 4.74 Å². The number of benzene rings is 1. The predicted molar refractivity (Wildman–Crippen MR) is 92.3 cm³/mol. The molecule has 8 heteroatoms. The van der Waals surface area contributed by atoms with E-state index in [9.17, 15) is 0 Å². The zero-order valence-electron chi connectivity index (χ0n) is 13.6. The Morgan fingerprint density at radius 2 is 1.92 bits per heavy atom. The summed E-state index contributed by atoms with van der Waals surface area (Å²) in [5, 5.41) is 18.6. The van der Waals surface area contributed by atoms with Gasteiger partial charge in [0.25, 0.3) is 0 Å². The molecule has 0 fully saturated rings. The van der Waals surface area contributed by atoms with Crippen LogP contribution in [0.25, 0.3) is 27.1 Å². The first-order valence-electron chi connectivity index (χ1n) is 7.61. The van der Waals surface area contributed by atoms with Crippen molar-refractivity contribution in [2.75, 3.05) is 7.11 Å². The van der Waals surface area contributed by atoms with Crippen molar-refractivity contribution in [3.63, 3.8) is 0 Å². The van der Waals surface area contributed by atoms with Crippen molar-refractivity contribution in [1.29, 1.82) is 0 Å². The summed E-state index contributed by atoms with van der Waals surface area (Å²) in [5.74, 6) is 1.51. The van der Waals surface area contributed by atoms with E-state index in [2.05, 4.69) is 27.3 Å². The summed E-state index contributed by atoms with van der Waals surface area (Å²) in [7, 11) is 1.65. The molecular weight excluding hydrogens is 324 g/mol. The highest BCUT2D eigenvalue weighted by Gasteiger charge is 2.16. The third kappa shape index (κ3) is 2.35. The molecule has 0 aliphatic heterocycles. The molecule has 3 aromatic heterocycles. The minimum Gasteiger partial charge on any atom is -0.497 e. The SMILES string of the molecule is CCn1nc(-c2nn3c(-c4ccc(OC)cc4)nnc3s2)cc1C. The van der Waals surface area contributed by atoms with Crippen LogP contribution in [-0.4, -0.2) is 36.7 Å². The second-order valence-electron chi connectivity index (χ2n) is 5.34. The van der Waals surface area contributed by atoms with Gasteiger partial charge in [-0.05, 0) is 44.2 Å². The van der Waals surface area contributed by atoms with E-state index >= 15 is 0 Å². The molecule has 0 saturated carbocycles. The summed E-state index contributed by atoms with van der Waals surface area (Å²) in [6, 6.07) is 9.74. The summed E-state index contributed by atoms with van der Waals surface area (Å²) in [6.07, 6.45) is 0. The molecule has 1 aromatic carbocycles. The lowest BCUT2D eigenvalue weighted by molar-refractivity contribution is 0.415. The fourth-order valence-corrected chi connectivity index (χ4v) is 3.37. The van der Waals surface area contributed by atoms with Crippen LogP contribution in [0.15, 0.2) is 30.3 Å². The van der Waals surface area contributed by atoms with E-state index in [1.165, 1.54) is 11.3 Å². The van der Waals surface area contributed by atoms with E-state index in [0.717, 1.165) is 39.2 Å². The van der Waals surface area contributed by atoms with Gasteiger partial charge in [0, 0.05) is 17.8 Å². The molecule has 0 spiro atoms. The summed E-state index contributed by atoms with van der Waals surface area (Å²) < 4.78 is 8.92. The second kappa shape index (κ2) is 5.72. The Kier molecular flexibility index (Phi) is 3.53. The quantitative estimate of drug-likeness (QED) is 0.571. The van der Waals surface area contributed by atoms with Gasteiger partial charge in [0.05, 0.1) is 7.11 Å². The third-order valence-corrected chi connectivity index (χ3v) is 4.76. The third-order valence-electron chi connectivity index (χ3n) is 3.84. The number of rotatable bonds is 4. The van der Waals surface area contributed by atoms with Crippen molar-refractivity contribution in [1.82, 2.24) is 29.6 Å². The predicted octanol–water partition coefficient (Wildman–Crippen LogP) is 3.05. The second-order valence-corrected chi connectivity index (χ2v) is 6.30. The lowest BCUT2D eigenvalue weighted by Crippen LogP contribution is -1.98. The number of aryl methyl sites for hydroxylation is 2. The molecule has 0 bridgehead atoms. The van der Waals surface area contributed by atoms with Crippen LogP contribution in [0.1, 0.15) is 12.6 Å². The molecule has 122 valence electrons. The molecule has 0 radical (unpaired) electrons. The standard InChI is InChI=1S/C16H16N6OS/c1-4-21-10(2)9-13(19-21)15-20-22-14(17-18-16(22)24-15)11-5-7-12(23-3)8-6-11/h5-9H,4H2,1-3H3. The number of nitrogens with zero attached hydrogens (tertiary/aromatic N) is 6. The Morgan fingerprint density at radius 3 is 2.58 bits per heavy atom. The van der Waals surface area contributed by atoms with Gasteiger partial charge in [-0.1, -0.05) is 11.3 Å². The van der Waals surface area contributed by atoms with Crippen LogP contribution in [0.3, 0.4) is 0 Å². The molecule has 0 atom stereocenters. The van der Waals surface area contributed by atoms with Crippen molar-refractivity contribution < 1.29 is 4.74 Å². The van der Waals surface area contributed by atoms with E-state index in [-0.39, 0.29) is 0 Å². The zero-order valence-corrected chi connectivity index (χ0v) is 14.4. The molecule has 0 aliphatic rings. The number of methoxy groups -OCH3 is 1. The maximum atomic E-state index is 5.19. The number of hydrogen-bond acceptors (Lipinski definition) is 6. The van der Waals surface area contributed by atoms with E-state index in [4.69, 9.17) is 4.74 Å². The van der Waals surface area contributed by atoms with Gasteiger partial charge in [-0.2, -0.15) is 14.7 Å². The summed E-state index contributed by atoms with van der Waals surface area (Å²) >= 11 is 1.48. The molecule has 24 heavy (non-hydrogen) atoms. The average Bonchev–Trinajstić information content (AvgIpc) is 3.28. The van der Waals surface area contributed by atoms with Gasteiger partial charge >= 0.3 is 0 Å². The zero-order chi connectivity index (χ0) is 16.7. The number of ether oxygens (including phenoxy) is 1. The maximum Gasteiger partial charge on any atom is 0.235 e. The molecule has 0 unspecified atom stereocenters. The highest BCUT2D eigenvalue weighted by molar-refractivity contribution is 7.19. The topological polar surface area (TPSA) is 70.1 Å². The Bertz CT molecular complexity index is 998. The van der Waals surface area contributed by atoms with E-state index < -0.39 is 0 Å². The van der Waals surface area contributed by atoms with Crippen molar-refractivity contribution in [2.45, 2.75) is 20.4 Å². The first-order chi connectivity index (χ1) is 11.7. The molecule has 4 aromatic rings. The number of fused-ring (bicyclic) bond motifs is 1. The van der Waals surface area contributed by atoms with Gasteiger partial charge in [-0.15, -0.1) is 10.2 Å². The van der Waals surface area contributed by atoms with E-state index in [1.807, 2.05) is 41.9 Å². The maximum absolute atomic E-state index is 5.19. The largest absolute Gasteiger partial charge is 0.497 e. The van der Waals surface area contributed by atoms with Crippen molar-refractivity contribution in [2.24, 2.45) is 0 Å². The van der Waals surface area contributed by atoms with Crippen LogP contribution in [0.2, 0.25) is 0 Å².